The summed E-state index contributed by atoms with van der Waals surface area (Å²) in [6, 6.07) is 5.44. The number of alkyl halides is 3. The third-order valence-corrected chi connectivity index (χ3v) is 3.34. The van der Waals surface area contributed by atoms with Crippen molar-refractivity contribution >= 4 is 23.1 Å². The molecule has 110 valence electrons. The number of nitrogens with zero attached hydrogens (tertiary/aromatic N) is 4. The quantitative estimate of drug-likeness (QED) is 0.484. The highest BCUT2D eigenvalue weighted by molar-refractivity contribution is 6.32. The minimum absolute atomic E-state index is 0.251. The Kier molecular flexibility index (Phi) is 3.26. The second kappa shape index (κ2) is 5.00. The molecule has 3 heterocycles. The predicted octanol–water partition coefficient (Wildman–Crippen LogP) is 4.62. The van der Waals surface area contributed by atoms with Gasteiger partial charge in [0, 0.05) is 17.2 Å². The van der Waals surface area contributed by atoms with Gasteiger partial charge in [-0.15, -0.1) is 0 Å². The summed E-state index contributed by atoms with van der Waals surface area (Å²) in [4.78, 5) is 10.7. The lowest BCUT2D eigenvalue weighted by molar-refractivity contribution is -0.141. The Morgan fingerprint density at radius 3 is 2.59 bits per heavy atom. The summed E-state index contributed by atoms with van der Waals surface area (Å²) in [5.41, 5.74) is 0.403. The molecule has 0 unspecified atom stereocenters. The predicted molar refractivity (Wildman–Crippen MR) is 74.7 cm³/mol. The highest BCUT2D eigenvalue weighted by Crippen LogP contribution is 2.33. The molecule has 4 nitrogen and oxygen atoms in total. The summed E-state index contributed by atoms with van der Waals surface area (Å²) < 4.78 is 39.3. The molecule has 0 aliphatic heterocycles. The second-order valence-electron chi connectivity index (χ2n) is 4.41. The molecule has 3 aromatic heterocycles. The van der Waals surface area contributed by atoms with Crippen LogP contribution in [0.15, 0.2) is 36.7 Å². The van der Waals surface area contributed by atoms with E-state index >= 15 is 0 Å². The summed E-state index contributed by atoms with van der Waals surface area (Å²) in [6.07, 6.45) is -1.54. The van der Waals surface area contributed by atoms with Crippen LogP contribution in [0.4, 0.5) is 19.0 Å². The van der Waals surface area contributed by atoms with Crippen LogP contribution in [0.5, 0.6) is 0 Å². The van der Waals surface area contributed by atoms with Gasteiger partial charge in [0.15, 0.2) is 0 Å². The topological polar surface area (TPSA) is 34.5 Å². The van der Waals surface area contributed by atoms with Crippen LogP contribution in [0.25, 0.3) is 21.6 Å². The van der Waals surface area contributed by atoms with Gasteiger partial charge in [-0.2, -0.15) is 13.2 Å². The van der Waals surface area contributed by atoms with E-state index in [1.807, 2.05) is 0 Å². The monoisotopic (exact) mass is 322 g/mol. The van der Waals surface area contributed by atoms with Gasteiger partial charge in [-0.05, 0) is 18.2 Å². The molecule has 0 spiro atoms. The molecule has 0 aliphatic rings. The number of pyridine rings is 2. The molecule has 0 fully saturated rings. The Labute approximate surface area is 127 Å². The maximum Gasteiger partial charge on any atom is 0.433 e. The van der Waals surface area contributed by atoms with E-state index in [0.717, 1.165) is 6.07 Å². The Morgan fingerprint density at radius 1 is 1.18 bits per heavy atom. The van der Waals surface area contributed by atoms with Crippen molar-refractivity contribution < 1.29 is 13.2 Å². The molecule has 0 amide bonds. The van der Waals surface area contributed by atoms with E-state index in [1.54, 1.807) is 18.3 Å². The first kappa shape index (κ1) is 14.4. The third kappa shape index (κ3) is 2.38. The van der Waals surface area contributed by atoms with Crippen molar-refractivity contribution in [3.05, 3.63) is 58.9 Å². The second-order valence-corrected chi connectivity index (χ2v) is 4.76. The van der Waals surface area contributed by atoms with E-state index in [0.29, 0.717) is 22.6 Å². The van der Waals surface area contributed by atoms with Crippen molar-refractivity contribution in [3.63, 3.8) is 0 Å². The van der Waals surface area contributed by atoms with E-state index in [-0.39, 0.29) is 5.15 Å². The number of aromatic nitrogens is 3. The van der Waals surface area contributed by atoms with Gasteiger partial charge in [0.1, 0.15) is 10.8 Å². The molecule has 0 radical (unpaired) electrons. The molecule has 22 heavy (non-hydrogen) atoms. The molecule has 0 bridgehead atoms. The van der Waals surface area contributed by atoms with Gasteiger partial charge in [0.25, 0.3) is 5.82 Å². The number of hydrogen-bond acceptors (Lipinski definition) is 2. The van der Waals surface area contributed by atoms with E-state index in [9.17, 15) is 13.2 Å². The first-order valence-corrected chi connectivity index (χ1v) is 6.36. The molecule has 0 atom stereocenters. The number of imidazole rings is 1. The Morgan fingerprint density at radius 2 is 1.95 bits per heavy atom. The largest absolute Gasteiger partial charge is 0.433 e. The highest BCUT2D eigenvalue weighted by Gasteiger charge is 2.33. The summed E-state index contributed by atoms with van der Waals surface area (Å²) in [5.74, 6) is 0.299. The maximum absolute atomic E-state index is 12.6. The zero-order valence-electron chi connectivity index (χ0n) is 10.8. The Hall–Kier alpha value is -2.59. The molecule has 0 saturated heterocycles. The normalized spacial score (nSPS) is 11.6. The molecule has 0 aliphatic carbocycles. The van der Waals surface area contributed by atoms with Crippen molar-refractivity contribution in [1.29, 1.82) is 0 Å². The Bertz CT molecular complexity index is 909. The lowest BCUT2D eigenvalue weighted by Gasteiger charge is -2.08. The third-order valence-electron chi connectivity index (χ3n) is 3.05. The molecule has 3 rings (SSSR count). The highest BCUT2D eigenvalue weighted by atomic mass is 35.5. The van der Waals surface area contributed by atoms with Crippen LogP contribution < -0.4 is 0 Å². The summed E-state index contributed by atoms with van der Waals surface area (Å²) in [7, 11) is 0. The SMILES string of the molecule is [C-]#[N+]c1cnc2ccc(-c3ccc(C(F)(F)F)nc3Cl)cn12. The fraction of sp³-hybridized carbons (Fsp3) is 0.0714. The minimum atomic E-state index is -4.55. The van der Waals surface area contributed by atoms with Gasteiger partial charge in [-0.1, -0.05) is 18.2 Å². The summed E-state index contributed by atoms with van der Waals surface area (Å²) in [6.45, 7) is 7.06. The van der Waals surface area contributed by atoms with Crippen molar-refractivity contribution in [1.82, 2.24) is 14.4 Å². The van der Waals surface area contributed by atoms with Gasteiger partial charge in [-0.3, -0.25) is 0 Å². The van der Waals surface area contributed by atoms with Gasteiger partial charge >= 0.3 is 6.18 Å². The van der Waals surface area contributed by atoms with Crippen LogP contribution in [-0.2, 0) is 6.18 Å². The first-order chi connectivity index (χ1) is 10.4. The van der Waals surface area contributed by atoms with E-state index in [2.05, 4.69) is 14.8 Å². The van der Waals surface area contributed by atoms with Crippen molar-refractivity contribution in [3.8, 4) is 11.1 Å². The van der Waals surface area contributed by atoms with E-state index in [1.165, 1.54) is 16.7 Å². The fourth-order valence-corrected chi connectivity index (χ4v) is 2.28. The average molecular weight is 323 g/mol. The number of hydrogen-bond donors (Lipinski definition) is 0. The fourth-order valence-electron chi connectivity index (χ4n) is 2.02. The molecule has 0 saturated carbocycles. The number of fused-ring (bicyclic) bond motifs is 1. The Balaban J connectivity index is 2.13. The molecule has 3 aromatic rings. The number of halogens is 4. The van der Waals surface area contributed by atoms with Crippen LogP contribution in [-0.4, -0.2) is 14.4 Å². The lowest BCUT2D eigenvalue weighted by Crippen LogP contribution is -2.08. The average Bonchev–Trinajstić information content (AvgIpc) is 2.88. The van der Waals surface area contributed by atoms with Crippen LogP contribution in [0.1, 0.15) is 5.69 Å². The molecule has 0 aromatic carbocycles. The molecule has 8 heteroatoms. The lowest BCUT2D eigenvalue weighted by atomic mass is 10.1. The molecule has 0 N–H and O–H groups in total. The van der Waals surface area contributed by atoms with E-state index < -0.39 is 11.9 Å². The summed E-state index contributed by atoms with van der Waals surface area (Å²) in [5, 5.41) is -0.251. The smallest absolute Gasteiger partial charge is 0.362 e. The summed E-state index contributed by atoms with van der Waals surface area (Å²) >= 11 is 5.87. The van der Waals surface area contributed by atoms with Crippen LogP contribution in [0, 0.1) is 6.57 Å². The van der Waals surface area contributed by atoms with Gasteiger partial charge in [0.2, 0.25) is 5.65 Å². The van der Waals surface area contributed by atoms with Gasteiger partial charge in [0.05, 0.1) is 12.4 Å². The van der Waals surface area contributed by atoms with Crippen molar-refractivity contribution in [2.45, 2.75) is 6.18 Å². The van der Waals surface area contributed by atoms with Crippen LogP contribution in [0.2, 0.25) is 5.15 Å². The van der Waals surface area contributed by atoms with Gasteiger partial charge in [-0.25, -0.2) is 14.4 Å². The zero-order valence-corrected chi connectivity index (χ0v) is 11.5. The molecular weight excluding hydrogens is 317 g/mol. The first-order valence-electron chi connectivity index (χ1n) is 5.99. The zero-order chi connectivity index (χ0) is 15.9. The number of rotatable bonds is 1. The maximum atomic E-state index is 12.6. The van der Waals surface area contributed by atoms with E-state index in [4.69, 9.17) is 18.2 Å². The standard InChI is InChI=1S/C14H6ClF3N4/c1-19-12-6-20-11-5-2-8(7-22(11)12)9-3-4-10(14(16,17)18)21-13(9)15/h2-7H. The van der Waals surface area contributed by atoms with Gasteiger partial charge < -0.3 is 4.85 Å². The molecular formula is C14H6ClF3N4. The van der Waals surface area contributed by atoms with Crippen LogP contribution >= 0.6 is 11.6 Å². The van der Waals surface area contributed by atoms with Crippen molar-refractivity contribution in [2.75, 3.05) is 0 Å². The van der Waals surface area contributed by atoms with Crippen LogP contribution in [0.3, 0.4) is 0 Å². The minimum Gasteiger partial charge on any atom is -0.362 e. The van der Waals surface area contributed by atoms with Crippen molar-refractivity contribution in [2.24, 2.45) is 0 Å².